The molecule has 4 N–H and O–H groups in total. The van der Waals surface area contributed by atoms with Crippen LogP contribution in [-0.4, -0.2) is 92.6 Å². The highest BCUT2D eigenvalue weighted by atomic mass is 16.5. The monoisotopic (exact) mass is 794 g/mol. The van der Waals surface area contributed by atoms with Gasteiger partial charge in [-0.05, 0) is 74.6 Å². The fourth-order valence-corrected chi connectivity index (χ4v) is 8.72. The lowest BCUT2D eigenvalue weighted by atomic mass is 9.95. The number of ether oxygens (including phenoxy) is 2. The topological polar surface area (TPSA) is 188 Å². The summed E-state index contributed by atoms with van der Waals surface area (Å²) in [5.74, 6) is 1.06. The average molecular weight is 795 g/mol. The van der Waals surface area contributed by atoms with Crippen molar-refractivity contribution in [2.75, 3.05) is 20.8 Å². The SMILES string of the molecule is CCCN(C(=O)[C@@H](NC(=O)OC)C(C)C)[C@@H](C)c1ncc(-c2ccc3c(c2)oc2cc(-c4cnc([C@@H]5[C@H]6CC[C@H](C6)N5C(=O)[C@@H](NC(=O)OC)C(C)C)[nH]4)ccc23)[nH]1. The Labute approximate surface area is 337 Å². The first kappa shape index (κ1) is 40.3. The number of rotatable bonds is 13. The van der Waals surface area contributed by atoms with Crippen LogP contribution in [-0.2, 0) is 19.1 Å². The summed E-state index contributed by atoms with van der Waals surface area (Å²) in [6.07, 6.45) is 5.89. The second-order valence-corrected chi connectivity index (χ2v) is 16.2. The van der Waals surface area contributed by atoms with Crippen LogP contribution in [0.1, 0.15) is 91.0 Å². The van der Waals surface area contributed by atoms with Crippen molar-refractivity contribution in [3.05, 3.63) is 60.4 Å². The summed E-state index contributed by atoms with van der Waals surface area (Å²) in [5, 5.41) is 7.39. The Morgan fingerprint density at radius 1 is 0.845 bits per heavy atom. The number of methoxy groups -OCH3 is 2. The highest BCUT2D eigenvalue weighted by Gasteiger charge is 2.51. The first-order chi connectivity index (χ1) is 27.8. The number of alkyl carbamates (subject to hydrolysis) is 2. The van der Waals surface area contributed by atoms with Crippen molar-refractivity contribution in [1.82, 2.24) is 40.4 Å². The van der Waals surface area contributed by atoms with Crippen LogP contribution in [0.2, 0.25) is 0 Å². The normalized spacial score (nSPS) is 19.1. The summed E-state index contributed by atoms with van der Waals surface area (Å²) in [7, 11) is 2.58. The number of aromatic nitrogens is 4. The molecular weight excluding hydrogens is 741 g/mol. The third kappa shape index (κ3) is 7.61. The molecule has 1 aliphatic heterocycles. The van der Waals surface area contributed by atoms with E-state index in [4.69, 9.17) is 18.9 Å². The van der Waals surface area contributed by atoms with Crippen molar-refractivity contribution >= 4 is 45.9 Å². The molecule has 0 unspecified atom stereocenters. The number of H-pyrrole nitrogens is 2. The molecule has 2 aliphatic rings. The molecule has 5 aromatic rings. The number of hydrogen-bond acceptors (Lipinski definition) is 9. The number of fused-ring (bicyclic) bond motifs is 5. The smallest absolute Gasteiger partial charge is 0.407 e. The maximum absolute atomic E-state index is 14.0. The van der Waals surface area contributed by atoms with Gasteiger partial charge in [-0.1, -0.05) is 46.8 Å². The summed E-state index contributed by atoms with van der Waals surface area (Å²) in [4.78, 5) is 72.0. The van der Waals surface area contributed by atoms with Crippen LogP contribution in [0.5, 0.6) is 0 Å². The lowest BCUT2D eigenvalue weighted by molar-refractivity contribution is -0.139. The van der Waals surface area contributed by atoms with Gasteiger partial charge in [-0.15, -0.1) is 0 Å². The minimum atomic E-state index is -0.744. The Hall–Kier alpha value is -5.86. The van der Waals surface area contributed by atoms with Crippen LogP contribution in [0.15, 0.2) is 53.2 Å². The molecule has 308 valence electrons. The number of carbonyl (C=O) groups is 4. The number of hydrogen-bond donors (Lipinski definition) is 4. The van der Waals surface area contributed by atoms with Crippen LogP contribution in [0.25, 0.3) is 44.5 Å². The van der Waals surface area contributed by atoms with Gasteiger partial charge in [0.1, 0.15) is 34.9 Å². The predicted octanol–water partition coefficient (Wildman–Crippen LogP) is 7.48. The molecule has 2 aromatic carbocycles. The fraction of sp³-hybridized carbons (Fsp3) is 0.488. The van der Waals surface area contributed by atoms with Crippen LogP contribution in [0.4, 0.5) is 9.59 Å². The summed E-state index contributed by atoms with van der Waals surface area (Å²) >= 11 is 0. The molecule has 1 saturated heterocycles. The molecule has 3 aromatic heterocycles. The van der Waals surface area contributed by atoms with E-state index >= 15 is 0 Å². The Kier molecular flexibility index (Phi) is 11.5. The zero-order valence-corrected chi connectivity index (χ0v) is 34.4. The number of carbonyl (C=O) groups excluding carboxylic acids is 4. The Bertz CT molecular complexity index is 2310. The van der Waals surface area contributed by atoms with Crippen LogP contribution < -0.4 is 10.6 Å². The first-order valence-electron chi connectivity index (χ1n) is 20.2. The van der Waals surface area contributed by atoms with Gasteiger partial charge in [-0.2, -0.15) is 0 Å². The van der Waals surface area contributed by atoms with Gasteiger partial charge in [0.15, 0.2) is 0 Å². The number of aromatic amines is 2. The number of furan rings is 1. The van der Waals surface area contributed by atoms with Crippen molar-refractivity contribution < 1.29 is 33.1 Å². The second kappa shape index (κ2) is 16.5. The minimum absolute atomic E-state index is 0.101. The van der Waals surface area contributed by atoms with Gasteiger partial charge >= 0.3 is 12.2 Å². The number of benzene rings is 2. The first-order valence-corrected chi connectivity index (χ1v) is 20.2. The van der Waals surface area contributed by atoms with Gasteiger partial charge in [-0.25, -0.2) is 19.6 Å². The number of likely N-dealkylation sites (tertiary alicyclic amines) is 1. The summed E-state index contributed by atoms with van der Waals surface area (Å²) < 4.78 is 16.0. The summed E-state index contributed by atoms with van der Waals surface area (Å²) in [6, 6.07) is 10.2. The van der Waals surface area contributed by atoms with E-state index in [0.29, 0.717) is 18.0 Å². The van der Waals surface area contributed by atoms with Gasteiger partial charge in [0, 0.05) is 34.5 Å². The molecule has 0 spiro atoms. The van der Waals surface area contributed by atoms with E-state index in [1.54, 1.807) is 11.1 Å². The maximum atomic E-state index is 14.0. The molecule has 6 atom stereocenters. The quantitative estimate of drug-likeness (QED) is 0.0937. The Morgan fingerprint density at radius 3 is 2.02 bits per heavy atom. The lowest BCUT2D eigenvalue weighted by Crippen LogP contribution is -2.54. The van der Waals surface area contributed by atoms with E-state index < -0.39 is 24.3 Å². The predicted molar refractivity (Wildman–Crippen MR) is 218 cm³/mol. The maximum Gasteiger partial charge on any atom is 0.407 e. The molecule has 1 aliphatic carbocycles. The molecule has 2 bridgehead atoms. The molecule has 4 heterocycles. The molecule has 15 nitrogen and oxygen atoms in total. The van der Waals surface area contributed by atoms with Crippen molar-refractivity contribution in [2.45, 2.75) is 97.4 Å². The number of piperidine rings is 1. The van der Waals surface area contributed by atoms with Gasteiger partial charge < -0.3 is 44.3 Å². The molecular formula is C43H54N8O7. The van der Waals surface area contributed by atoms with E-state index in [1.807, 2.05) is 89.0 Å². The van der Waals surface area contributed by atoms with Crippen molar-refractivity contribution in [1.29, 1.82) is 0 Å². The van der Waals surface area contributed by atoms with Gasteiger partial charge in [0.25, 0.3) is 0 Å². The molecule has 0 radical (unpaired) electrons. The van der Waals surface area contributed by atoms with Crippen LogP contribution in [0.3, 0.4) is 0 Å². The third-order valence-corrected chi connectivity index (χ3v) is 11.8. The zero-order valence-electron chi connectivity index (χ0n) is 34.4. The van der Waals surface area contributed by atoms with Crippen LogP contribution >= 0.6 is 0 Å². The molecule has 7 rings (SSSR count). The van der Waals surface area contributed by atoms with Gasteiger partial charge in [-0.3, -0.25) is 9.59 Å². The fourth-order valence-electron chi connectivity index (χ4n) is 8.72. The molecule has 4 amide bonds. The largest absolute Gasteiger partial charge is 0.456 e. The van der Waals surface area contributed by atoms with Gasteiger partial charge in [0.05, 0.1) is 50.1 Å². The second-order valence-electron chi connectivity index (χ2n) is 16.2. The number of imidazole rings is 2. The van der Waals surface area contributed by atoms with E-state index in [9.17, 15) is 19.2 Å². The molecule has 2 fully saturated rings. The standard InChI is InChI=1S/C43H54N8O7/c1-9-16-50(40(52)35(22(2)3)48-42(54)56-7)24(6)38-44-20-31(46-38)25-11-14-29-30-15-12-26(19-34(30)58-33(29)18-25)32-21-45-39(47-32)37-27-10-13-28(17-27)51(37)41(53)36(23(4)5)49-43(55)57-8/h11-12,14-15,18-24,27-28,35-37H,9-10,13,16-17H2,1-8H3,(H,44,46)(H,45,47)(H,48,54)(H,49,55)/t24-,27-,28+,35-,36-,37-/m0/s1. The Morgan fingerprint density at radius 2 is 1.43 bits per heavy atom. The molecule has 15 heteroatoms. The number of amides is 4. The third-order valence-electron chi connectivity index (χ3n) is 11.8. The average Bonchev–Trinajstić information content (AvgIpc) is 4.07. The van der Waals surface area contributed by atoms with E-state index in [2.05, 4.69) is 25.6 Å². The van der Waals surface area contributed by atoms with Gasteiger partial charge in [0.2, 0.25) is 11.8 Å². The van der Waals surface area contributed by atoms with E-state index in [-0.39, 0.29) is 47.7 Å². The summed E-state index contributed by atoms with van der Waals surface area (Å²) in [6.45, 7) is 12.0. The lowest BCUT2D eigenvalue weighted by Gasteiger charge is -2.37. The Balaban J connectivity index is 1.11. The highest BCUT2D eigenvalue weighted by molar-refractivity contribution is 6.06. The van der Waals surface area contributed by atoms with E-state index in [0.717, 1.165) is 70.4 Å². The van der Waals surface area contributed by atoms with Crippen molar-refractivity contribution in [3.8, 4) is 22.5 Å². The number of nitrogens with one attached hydrogen (secondary N) is 4. The van der Waals surface area contributed by atoms with E-state index in [1.165, 1.54) is 14.2 Å². The molecule has 58 heavy (non-hydrogen) atoms. The summed E-state index contributed by atoms with van der Waals surface area (Å²) in [5.41, 5.74) is 4.81. The van der Waals surface area contributed by atoms with Crippen LogP contribution in [0, 0.1) is 17.8 Å². The minimum Gasteiger partial charge on any atom is -0.456 e. The molecule has 1 saturated carbocycles. The van der Waals surface area contributed by atoms with Crippen molar-refractivity contribution in [2.24, 2.45) is 17.8 Å². The highest BCUT2D eigenvalue weighted by Crippen LogP contribution is 2.50. The number of nitrogens with zero attached hydrogens (tertiary/aromatic N) is 4. The van der Waals surface area contributed by atoms with Crippen molar-refractivity contribution in [3.63, 3.8) is 0 Å². The zero-order chi connectivity index (χ0) is 41.4.